The highest BCUT2D eigenvalue weighted by Gasteiger charge is 2.49. The molecule has 0 aromatic rings. The number of rotatable bonds is 10. The Morgan fingerprint density at radius 3 is 1.11 bits per heavy atom. The molecule has 364 valence electrons. The Hall–Kier alpha value is -2.84. The van der Waals surface area contributed by atoms with Crippen LogP contribution < -0.4 is 0 Å². The SMILES string of the molecule is C.C.C.C.CC(C(=O)O)C1SC(C)(C)N(C)C1=O.CCOC(=O)C(C)C1SC(C)(C)N(C)C1=O.CCOC(=O)CC1SC(C)(C)N(C)C1=O.CN1C(=O)C(CC(=O)O)SC1(C)C. The van der Waals surface area contributed by atoms with Crippen LogP contribution in [0.15, 0.2) is 0 Å². The van der Waals surface area contributed by atoms with Crippen molar-refractivity contribution >= 4 is 94.6 Å². The van der Waals surface area contributed by atoms with Gasteiger partial charge in [0.1, 0.15) is 0 Å². The number of aliphatic carboxylic acids is 2. The van der Waals surface area contributed by atoms with E-state index in [4.69, 9.17) is 19.7 Å². The molecule has 6 unspecified atom stereocenters. The normalized spacial score (nSPS) is 24.4. The maximum atomic E-state index is 12.0. The highest BCUT2D eigenvalue weighted by Crippen LogP contribution is 2.44. The van der Waals surface area contributed by atoms with Gasteiger partial charge in [-0.15, -0.1) is 47.0 Å². The highest BCUT2D eigenvalue weighted by atomic mass is 32.2. The Balaban J connectivity index is -0.000000355. The van der Waals surface area contributed by atoms with Crippen molar-refractivity contribution in [3.63, 3.8) is 0 Å². The quantitative estimate of drug-likeness (QED) is 0.210. The zero-order valence-corrected chi connectivity index (χ0v) is 40.0. The molecule has 0 radical (unpaired) electrons. The van der Waals surface area contributed by atoms with E-state index in [0.29, 0.717) is 13.2 Å². The molecular formula is C42H80N4O12S4. The van der Waals surface area contributed by atoms with E-state index in [1.807, 2.05) is 55.4 Å². The van der Waals surface area contributed by atoms with Gasteiger partial charge in [-0.05, 0) is 69.2 Å². The second-order valence-electron chi connectivity index (χ2n) is 15.9. The number of thioether (sulfide) groups is 4. The first kappa shape index (κ1) is 65.8. The Morgan fingerprint density at radius 1 is 0.548 bits per heavy atom. The Bertz CT molecular complexity index is 1560. The van der Waals surface area contributed by atoms with E-state index in [-0.39, 0.29) is 114 Å². The molecule has 4 aliphatic heterocycles. The maximum absolute atomic E-state index is 12.0. The lowest BCUT2D eigenvalue weighted by Crippen LogP contribution is -2.38. The van der Waals surface area contributed by atoms with Gasteiger partial charge < -0.3 is 39.3 Å². The smallest absolute Gasteiger partial charge is 0.310 e. The Kier molecular flexibility index (Phi) is 27.8. The van der Waals surface area contributed by atoms with Gasteiger partial charge in [-0.25, -0.2) is 0 Å². The number of ether oxygens (including phenoxy) is 2. The van der Waals surface area contributed by atoms with Crippen LogP contribution in [0.3, 0.4) is 0 Å². The zero-order valence-electron chi connectivity index (χ0n) is 36.7. The van der Waals surface area contributed by atoms with Crippen molar-refractivity contribution in [2.75, 3.05) is 41.4 Å². The molecule has 0 bridgehead atoms. The fourth-order valence-electron chi connectivity index (χ4n) is 5.66. The van der Waals surface area contributed by atoms with Gasteiger partial charge in [0.25, 0.3) is 0 Å². The number of esters is 2. The molecule has 4 amide bonds. The lowest BCUT2D eigenvalue weighted by molar-refractivity contribution is -0.149. The molecule has 6 atom stereocenters. The summed E-state index contributed by atoms with van der Waals surface area (Å²) < 4.78 is 9.78. The average molecular weight is 961 g/mol. The number of carbonyl (C=O) groups is 8. The Morgan fingerprint density at radius 2 is 0.855 bits per heavy atom. The van der Waals surface area contributed by atoms with E-state index in [2.05, 4.69) is 0 Å². The second-order valence-corrected chi connectivity index (χ2v) is 23.0. The molecule has 2 N–H and O–H groups in total. The molecule has 0 saturated carbocycles. The van der Waals surface area contributed by atoms with Crippen LogP contribution in [-0.2, 0) is 47.8 Å². The van der Waals surface area contributed by atoms with Gasteiger partial charge in [-0.1, -0.05) is 43.6 Å². The van der Waals surface area contributed by atoms with Crippen LogP contribution in [0.25, 0.3) is 0 Å². The minimum absolute atomic E-state index is 0. The number of carboxylic acid groups (broad SMARTS) is 2. The highest BCUT2D eigenvalue weighted by molar-refractivity contribution is 8.03. The summed E-state index contributed by atoms with van der Waals surface area (Å²) in [7, 11) is 6.95. The van der Waals surface area contributed by atoms with Crippen molar-refractivity contribution < 1.29 is 58.0 Å². The van der Waals surface area contributed by atoms with E-state index in [0.717, 1.165) is 0 Å². The summed E-state index contributed by atoms with van der Waals surface area (Å²) >= 11 is 5.86. The molecule has 62 heavy (non-hydrogen) atoms. The van der Waals surface area contributed by atoms with Gasteiger partial charge >= 0.3 is 23.9 Å². The van der Waals surface area contributed by atoms with E-state index < -0.39 is 28.4 Å². The molecule has 4 rings (SSSR count). The topological polar surface area (TPSA) is 208 Å². The number of carbonyl (C=O) groups excluding carboxylic acids is 6. The first-order chi connectivity index (χ1) is 26.3. The molecule has 20 heteroatoms. The number of carboxylic acids is 2. The minimum atomic E-state index is -0.919. The maximum Gasteiger partial charge on any atom is 0.310 e. The number of hydrogen-bond acceptors (Lipinski definition) is 14. The van der Waals surface area contributed by atoms with Crippen LogP contribution in [0.5, 0.6) is 0 Å². The summed E-state index contributed by atoms with van der Waals surface area (Å²) in [4.78, 5) is 96.5. The van der Waals surface area contributed by atoms with Crippen molar-refractivity contribution in [2.24, 2.45) is 11.8 Å². The molecule has 4 heterocycles. The van der Waals surface area contributed by atoms with Crippen molar-refractivity contribution in [2.45, 2.75) is 166 Å². The van der Waals surface area contributed by atoms with Gasteiger partial charge in [0.15, 0.2) is 0 Å². The first-order valence-corrected chi connectivity index (χ1v) is 22.4. The molecule has 4 saturated heterocycles. The molecule has 0 spiro atoms. The third-order valence-corrected chi connectivity index (χ3v) is 16.7. The molecule has 0 aromatic heterocycles. The van der Waals surface area contributed by atoms with Crippen molar-refractivity contribution in [3.8, 4) is 0 Å². The molecule has 4 fully saturated rings. The third kappa shape index (κ3) is 16.9. The van der Waals surface area contributed by atoms with Gasteiger partial charge in [-0.3, -0.25) is 38.4 Å². The zero-order chi connectivity index (χ0) is 45.5. The van der Waals surface area contributed by atoms with E-state index in [1.165, 1.54) is 47.0 Å². The van der Waals surface area contributed by atoms with E-state index in [1.54, 1.807) is 75.5 Å². The number of amides is 4. The van der Waals surface area contributed by atoms with Gasteiger partial charge in [-0.2, -0.15) is 0 Å². The molecule has 0 aliphatic carbocycles. The number of hydrogen-bond donors (Lipinski definition) is 2. The van der Waals surface area contributed by atoms with Gasteiger partial charge in [0.2, 0.25) is 23.6 Å². The van der Waals surface area contributed by atoms with Crippen LogP contribution in [-0.4, -0.2) is 159 Å². The van der Waals surface area contributed by atoms with Crippen LogP contribution in [0, 0.1) is 11.8 Å². The van der Waals surface area contributed by atoms with Crippen LogP contribution in [0.1, 0.15) is 126 Å². The lowest BCUT2D eigenvalue weighted by Gasteiger charge is -2.25. The first-order valence-electron chi connectivity index (χ1n) is 18.9. The average Bonchev–Trinajstić information content (AvgIpc) is 3.62. The fraction of sp³-hybridized carbons (Fsp3) is 0.810. The predicted octanol–water partition coefficient (Wildman–Crippen LogP) is 7.08. The van der Waals surface area contributed by atoms with Crippen LogP contribution >= 0.6 is 47.0 Å². The van der Waals surface area contributed by atoms with Crippen molar-refractivity contribution in [1.29, 1.82) is 0 Å². The fourth-order valence-corrected chi connectivity index (χ4v) is 11.4. The summed E-state index contributed by atoms with van der Waals surface area (Å²) in [6, 6.07) is 0. The summed E-state index contributed by atoms with van der Waals surface area (Å²) in [5, 5.41) is 15.9. The molecule has 4 aliphatic rings. The molecule has 16 nitrogen and oxygen atoms in total. The summed E-state index contributed by atoms with van der Waals surface area (Å²) in [6.45, 7) is 23.2. The largest absolute Gasteiger partial charge is 0.481 e. The van der Waals surface area contributed by atoms with Crippen molar-refractivity contribution in [1.82, 2.24) is 19.6 Å². The standard InChI is InChI=1S/C11H19NO3S.C10H17NO3S.C9H15NO3S.C8H13NO3S.4CH4/c1-6-15-10(14)7(2)8-9(13)12(5)11(3,4)16-8;1-5-14-8(12)6-7-9(13)11(4)10(2,3)15-7;1-5(8(12)13)6-7(11)10(4)9(2,3)14-6;1-8(2)9(3)7(12)5(13-8)4-6(10)11;;;;/h7-8H,6H2,1-5H3;7H,5-6H2,1-4H3;5-6H,1-4H3,(H,12,13);5H,4H2,1-3H3,(H,10,11);4*1H4. The summed E-state index contributed by atoms with van der Waals surface area (Å²) in [5.74, 6) is -3.59. The van der Waals surface area contributed by atoms with E-state index in [9.17, 15) is 38.4 Å². The molecular weight excluding hydrogens is 881 g/mol. The summed E-state index contributed by atoms with van der Waals surface area (Å²) in [6.07, 6.45) is 0.0857. The van der Waals surface area contributed by atoms with E-state index >= 15 is 0 Å². The minimum Gasteiger partial charge on any atom is -0.481 e. The molecule has 0 aromatic carbocycles. The van der Waals surface area contributed by atoms with Crippen molar-refractivity contribution in [3.05, 3.63) is 0 Å². The summed E-state index contributed by atoms with van der Waals surface area (Å²) in [5.41, 5.74) is 0. The predicted molar refractivity (Wildman–Crippen MR) is 256 cm³/mol. The monoisotopic (exact) mass is 960 g/mol. The lowest BCUT2D eigenvalue weighted by atomic mass is 10.1. The van der Waals surface area contributed by atoms with Crippen LogP contribution in [0.4, 0.5) is 0 Å². The van der Waals surface area contributed by atoms with Crippen LogP contribution in [0.2, 0.25) is 0 Å². The Labute approximate surface area is 389 Å². The second kappa shape index (κ2) is 26.2. The number of nitrogens with zero attached hydrogens (tertiary/aromatic N) is 4. The van der Waals surface area contributed by atoms with Gasteiger partial charge in [0, 0.05) is 28.2 Å². The van der Waals surface area contributed by atoms with Gasteiger partial charge in [0.05, 0.1) is 78.4 Å². The third-order valence-electron chi connectivity index (χ3n) is 10.3.